The van der Waals surface area contributed by atoms with Crippen molar-refractivity contribution in [3.63, 3.8) is 0 Å². The molecule has 0 heterocycles. The van der Waals surface area contributed by atoms with Crippen LogP contribution in [0.2, 0.25) is 0 Å². The van der Waals surface area contributed by atoms with Gasteiger partial charge in [0.25, 0.3) is 0 Å². The van der Waals surface area contributed by atoms with Crippen molar-refractivity contribution in [1.82, 2.24) is 0 Å². The van der Waals surface area contributed by atoms with Gasteiger partial charge in [-0.1, -0.05) is 20.3 Å². The van der Waals surface area contributed by atoms with Crippen molar-refractivity contribution in [1.29, 1.82) is 0 Å². The molecule has 68 valence electrons. The van der Waals surface area contributed by atoms with Crippen LogP contribution in [-0.4, -0.2) is 6.10 Å². The van der Waals surface area contributed by atoms with Crippen LogP contribution in [0.3, 0.4) is 0 Å². The zero-order valence-electron chi connectivity index (χ0n) is 6.71. The molecule has 0 aliphatic rings. The smallest absolute Gasteiger partial charge is 0.183 e. The molecule has 0 N–H and O–H groups in total. The average molecular weight is 185 g/mol. The Bertz CT molecular complexity index is 101. The fourth-order valence-electron chi connectivity index (χ4n) is 0.788. The average Bonchev–Trinajstić information content (AvgIpc) is 1.84. The highest BCUT2D eigenvalue weighted by Gasteiger charge is 2.25. The van der Waals surface area contributed by atoms with Crippen LogP contribution in [0, 0.1) is 10.2 Å². The summed E-state index contributed by atoms with van der Waals surface area (Å²) in [5.41, 5.74) is 0. The minimum Gasteiger partial charge on any atom is -0.183 e. The Morgan fingerprint density at radius 2 is 1.82 bits per heavy atom. The van der Waals surface area contributed by atoms with E-state index in [9.17, 15) is 14.0 Å². The molecule has 0 saturated carbocycles. The number of rotatable bonds is 5. The van der Waals surface area contributed by atoms with E-state index in [1.54, 1.807) is 6.92 Å². The number of hydrogen-bond acceptors (Lipinski definition) is 4. The first-order chi connectivity index (χ1) is 4.99. The summed E-state index contributed by atoms with van der Waals surface area (Å²) >= 11 is 0. The van der Waals surface area contributed by atoms with Gasteiger partial charge in [-0.2, -0.15) is 14.0 Å². The third-order valence-corrected chi connectivity index (χ3v) is 1.77. The molecule has 4 nitrogen and oxygen atoms in total. The zero-order chi connectivity index (χ0) is 8.91. The van der Waals surface area contributed by atoms with Gasteiger partial charge in [-0.25, -0.2) is 0 Å². The Morgan fingerprint density at radius 1 is 1.27 bits per heavy atom. The van der Waals surface area contributed by atoms with Crippen LogP contribution in [0.25, 0.3) is 0 Å². The lowest BCUT2D eigenvalue weighted by Gasteiger charge is -2.17. The molecule has 0 radical (unpaired) electrons. The third kappa shape index (κ3) is 6.52. The number of hydrogen-bond donors (Lipinski definition) is 0. The van der Waals surface area contributed by atoms with Gasteiger partial charge in [-0.15, -0.1) is 0 Å². The van der Waals surface area contributed by atoms with Crippen molar-refractivity contribution < 1.29 is 28.5 Å². The summed E-state index contributed by atoms with van der Waals surface area (Å²) < 4.78 is 34.4. The maximum atomic E-state index is 10.1. The summed E-state index contributed by atoms with van der Waals surface area (Å²) in [7, 11) is -4.25. The lowest BCUT2D eigenvalue weighted by atomic mass is 10.2. The summed E-state index contributed by atoms with van der Waals surface area (Å²) in [5, 5.41) is 0. The minimum atomic E-state index is -4.25. The second kappa shape index (κ2) is 4.90. The van der Waals surface area contributed by atoms with Crippen LogP contribution in [-0.2, 0) is 4.29 Å². The van der Waals surface area contributed by atoms with Crippen molar-refractivity contribution in [2.45, 2.75) is 39.2 Å². The van der Waals surface area contributed by atoms with E-state index < -0.39 is 16.3 Å². The van der Waals surface area contributed by atoms with Gasteiger partial charge in [0.1, 0.15) is 0 Å². The van der Waals surface area contributed by atoms with Gasteiger partial charge in [-0.3, -0.25) is 0 Å². The van der Waals surface area contributed by atoms with Gasteiger partial charge in [-0.05, 0) is 12.8 Å². The van der Waals surface area contributed by atoms with Gasteiger partial charge in [0.15, 0.2) is 0 Å². The van der Waals surface area contributed by atoms with E-state index in [1.807, 2.05) is 6.92 Å². The first kappa shape index (κ1) is 11.1. The molecule has 0 bridgehead atoms. The highest BCUT2D eigenvalue weighted by molar-refractivity contribution is 4.49. The molecule has 0 aromatic carbocycles. The summed E-state index contributed by atoms with van der Waals surface area (Å²) in [4.78, 5) is 0. The number of halogens is 1. The van der Waals surface area contributed by atoms with Gasteiger partial charge >= 0.3 is 0 Å². The highest BCUT2D eigenvalue weighted by atomic mass is 35.7. The van der Waals surface area contributed by atoms with Gasteiger partial charge < -0.3 is 0 Å². The molecular formula is C6H13ClO4. The maximum absolute atomic E-state index is 10.1. The van der Waals surface area contributed by atoms with E-state index in [0.29, 0.717) is 12.8 Å². The van der Waals surface area contributed by atoms with Crippen molar-refractivity contribution in [2.24, 2.45) is 0 Å². The Morgan fingerprint density at radius 3 is 2.09 bits per heavy atom. The van der Waals surface area contributed by atoms with Crippen LogP contribution < -0.4 is 14.0 Å². The predicted molar refractivity (Wildman–Crippen MR) is 30.1 cm³/mol. The Hall–Kier alpha value is 0.130. The van der Waals surface area contributed by atoms with Gasteiger partial charge in [0.05, 0.1) is 14.5 Å². The second-order valence-electron chi connectivity index (χ2n) is 2.29. The van der Waals surface area contributed by atoms with E-state index >= 15 is 0 Å². The van der Waals surface area contributed by atoms with Crippen LogP contribution in [0.1, 0.15) is 33.1 Å². The van der Waals surface area contributed by atoms with Crippen LogP contribution in [0.4, 0.5) is 0 Å². The molecule has 0 rings (SSSR count). The molecule has 5 heteroatoms. The van der Waals surface area contributed by atoms with Crippen molar-refractivity contribution in [2.75, 3.05) is 0 Å². The standard InChI is InChI=1S/C6H13ClO4/c1-3-5-6(4-2)11-7(8,9)10/h6H,3-5H2,1-2H3. The first-order valence-electron chi connectivity index (χ1n) is 3.58. The fraction of sp³-hybridized carbons (Fsp3) is 1.00. The summed E-state index contributed by atoms with van der Waals surface area (Å²) in [6.07, 6.45) is 1.50. The van der Waals surface area contributed by atoms with Gasteiger partial charge in [0, 0.05) is 0 Å². The molecule has 11 heavy (non-hydrogen) atoms. The van der Waals surface area contributed by atoms with E-state index in [2.05, 4.69) is 4.29 Å². The topological polar surface area (TPSA) is 78.4 Å². The SMILES string of the molecule is CCCC(CC)O[Cl+3]([O-])([O-])[O-]. The summed E-state index contributed by atoms with van der Waals surface area (Å²) in [6.45, 7) is 3.68. The third-order valence-electron chi connectivity index (χ3n) is 1.30. The Labute approximate surface area is 68.5 Å². The molecule has 0 fully saturated rings. The molecule has 0 aromatic heterocycles. The fourth-order valence-corrected chi connectivity index (χ4v) is 1.31. The van der Waals surface area contributed by atoms with Gasteiger partial charge in [0.2, 0.25) is 6.10 Å². The lowest BCUT2D eigenvalue weighted by molar-refractivity contribution is -1.92. The summed E-state index contributed by atoms with van der Waals surface area (Å²) in [5.74, 6) is 0. The first-order valence-corrected chi connectivity index (χ1v) is 4.82. The monoisotopic (exact) mass is 184 g/mol. The van der Waals surface area contributed by atoms with E-state index in [4.69, 9.17) is 0 Å². The normalized spacial score (nSPS) is 15.0. The van der Waals surface area contributed by atoms with E-state index in [0.717, 1.165) is 6.42 Å². The molecule has 0 saturated heterocycles. The van der Waals surface area contributed by atoms with Crippen molar-refractivity contribution in [3.8, 4) is 0 Å². The predicted octanol–water partition coefficient (Wildman–Crippen LogP) is -1.52. The molecule has 0 spiro atoms. The van der Waals surface area contributed by atoms with Crippen LogP contribution in [0.15, 0.2) is 0 Å². The quantitative estimate of drug-likeness (QED) is 0.520. The molecule has 0 aromatic rings. The van der Waals surface area contributed by atoms with E-state index in [-0.39, 0.29) is 0 Å². The molecular weight excluding hydrogens is 172 g/mol. The molecule has 0 amide bonds. The van der Waals surface area contributed by atoms with Crippen LogP contribution >= 0.6 is 0 Å². The molecule has 1 unspecified atom stereocenters. The maximum Gasteiger partial charge on any atom is 0.213 e. The summed E-state index contributed by atoms with van der Waals surface area (Å²) in [6, 6.07) is 0. The molecule has 0 aliphatic carbocycles. The van der Waals surface area contributed by atoms with Crippen LogP contribution in [0.5, 0.6) is 0 Å². The molecule has 0 aliphatic heterocycles. The molecule has 1 atom stereocenters. The lowest BCUT2D eigenvalue weighted by Crippen LogP contribution is -2.62. The van der Waals surface area contributed by atoms with E-state index in [1.165, 1.54) is 0 Å². The Balaban J connectivity index is 3.68. The zero-order valence-corrected chi connectivity index (χ0v) is 7.47. The largest absolute Gasteiger partial charge is 0.213 e. The second-order valence-corrected chi connectivity index (χ2v) is 3.22. The van der Waals surface area contributed by atoms with Crippen molar-refractivity contribution in [3.05, 3.63) is 0 Å². The van der Waals surface area contributed by atoms with Crippen molar-refractivity contribution >= 4 is 0 Å². The highest BCUT2D eigenvalue weighted by Crippen LogP contribution is 2.09. The Kier molecular flexibility index (Phi) is 4.96. The minimum absolute atomic E-state index is 0.454.